The summed E-state index contributed by atoms with van der Waals surface area (Å²) in [5, 5.41) is 1.01. The standard InChI is InChI=1S/C15H24N2O2S/c1-5-11(18)14-12(16)13(19-4)15(20-14)17-7-9(2)6-10(3)8-17/h9-10H,5-8,16H2,1-4H3. The monoisotopic (exact) mass is 296 g/mol. The topological polar surface area (TPSA) is 55.6 Å². The largest absolute Gasteiger partial charge is 0.492 e. The van der Waals surface area contributed by atoms with E-state index in [9.17, 15) is 4.79 Å². The van der Waals surface area contributed by atoms with Crippen molar-refractivity contribution < 1.29 is 9.53 Å². The molecule has 2 atom stereocenters. The Morgan fingerprint density at radius 2 is 2.00 bits per heavy atom. The summed E-state index contributed by atoms with van der Waals surface area (Å²) < 4.78 is 5.47. The molecule has 1 aliphatic heterocycles. The van der Waals surface area contributed by atoms with Gasteiger partial charge in [0.1, 0.15) is 5.00 Å². The predicted molar refractivity (Wildman–Crippen MR) is 85.1 cm³/mol. The highest BCUT2D eigenvalue weighted by Gasteiger charge is 2.29. The fraction of sp³-hybridized carbons (Fsp3) is 0.667. The zero-order chi connectivity index (χ0) is 14.9. The van der Waals surface area contributed by atoms with E-state index in [0.29, 0.717) is 34.6 Å². The Hall–Kier alpha value is -1.23. The molecule has 20 heavy (non-hydrogen) atoms. The van der Waals surface area contributed by atoms with E-state index in [-0.39, 0.29) is 5.78 Å². The van der Waals surface area contributed by atoms with Crippen molar-refractivity contribution in [2.24, 2.45) is 11.8 Å². The molecular weight excluding hydrogens is 272 g/mol. The smallest absolute Gasteiger partial charge is 0.177 e. The molecule has 0 bridgehead atoms. The van der Waals surface area contributed by atoms with Gasteiger partial charge in [0.15, 0.2) is 11.5 Å². The average molecular weight is 296 g/mol. The van der Waals surface area contributed by atoms with Crippen LogP contribution in [0.3, 0.4) is 0 Å². The summed E-state index contributed by atoms with van der Waals surface area (Å²) in [5.74, 6) is 2.07. The molecule has 0 amide bonds. The van der Waals surface area contributed by atoms with Gasteiger partial charge in [-0.05, 0) is 18.3 Å². The van der Waals surface area contributed by atoms with E-state index < -0.39 is 0 Å². The van der Waals surface area contributed by atoms with Crippen molar-refractivity contribution in [3.05, 3.63) is 4.88 Å². The number of methoxy groups -OCH3 is 1. The van der Waals surface area contributed by atoms with E-state index in [1.165, 1.54) is 17.8 Å². The van der Waals surface area contributed by atoms with Crippen LogP contribution in [0.1, 0.15) is 43.3 Å². The van der Waals surface area contributed by atoms with E-state index in [1.807, 2.05) is 6.92 Å². The molecule has 1 aromatic heterocycles. The molecule has 0 aromatic carbocycles. The molecule has 2 heterocycles. The van der Waals surface area contributed by atoms with Crippen LogP contribution in [0.5, 0.6) is 5.75 Å². The van der Waals surface area contributed by atoms with Gasteiger partial charge in [-0.2, -0.15) is 0 Å². The van der Waals surface area contributed by atoms with E-state index in [1.54, 1.807) is 7.11 Å². The van der Waals surface area contributed by atoms with Crippen LogP contribution in [0.15, 0.2) is 0 Å². The van der Waals surface area contributed by atoms with Gasteiger partial charge >= 0.3 is 0 Å². The lowest BCUT2D eigenvalue weighted by Gasteiger charge is -2.35. The van der Waals surface area contributed by atoms with Crippen LogP contribution in [0.4, 0.5) is 10.7 Å². The van der Waals surface area contributed by atoms with Gasteiger partial charge in [0.25, 0.3) is 0 Å². The second-order valence-electron chi connectivity index (χ2n) is 5.81. The number of anilines is 2. The van der Waals surface area contributed by atoms with Gasteiger partial charge in [-0.3, -0.25) is 4.79 Å². The van der Waals surface area contributed by atoms with Crippen molar-refractivity contribution in [2.45, 2.75) is 33.6 Å². The zero-order valence-electron chi connectivity index (χ0n) is 12.7. The summed E-state index contributed by atoms with van der Waals surface area (Å²) in [6, 6.07) is 0. The molecule has 4 nitrogen and oxygen atoms in total. The predicted octanol–water partition coefficient (Wildman–Crippen LogP) is 3.41. The van der Waals surface area contributed by atoms with Gasteiger partial charge < -0.3 is 15.4 Å². The maximum absolute atomic E-state index is 12.0. The normalized spacial score (nSPS) is 22.9. The van der Waals surface area contributed by atoms with Crippen LogP contribution in [0.2, 0.25) is 0 Å². The minimum absolute atomic E-state index is 0.0927. The van der Waals surface area contributed by atoms with E-state index in [0.717, 1.165) is 18.1 Å². The molecule has 1 saturated heterocycles. The molecule has 5 heteroatoms. The Morgan fingerprint density at radius 3 is 2.50 bits per heavy atom. The van der Waals surface area contributed by atoms with Crippen molar-refractivity contribution >= 4 is 27.8 Å². The zero-order valence-corrected chi connectivity index (χ0v) is 13.5. The van der Waals surface area contributed by atoms with E-state index in [4.69, 9.17) is 10.5 Å². The number of ketones is 1. The molecule has 1 aliphatic rings. The lowest BCUT2D eigenvalue weighted by Crippen LogP contribution is -2.38. The lowest BCUT2D eigenvalue weighted by atomic mass is 9.92. The highest BCUT2D eigenvalue weighted by molar-refractivity contribution is 7.19. The molecule has 1 aromatic rings. The quantitative estimate of drug-likeness (QED) is 0.865. The maximum Gasteiger partial charge on any atom is 0.177 e. The number of carbonyl (C=O) groups is 1. The average Bonchev–Trinajstić information content (AvgIpc) is 2.73. The first kappa shape index (κ1) is 15.2. The van der Waals surface area contributed by atoms with Crippen molar-refractivity contribution in [3.63, 3.8) is 0 Å². The second kappa shape index (κ2) is 6.04. The minimum Gasteiger partial charge on any atom is -0.492 e. The SMILES string of the molecule is CCC(=O)c1sc(N2CC(C)CC(C)C2)c(OC)c1N. The minimum atomic E-state index is 0.0927. The van der Waals surface area contributed by atoms with Crippen molar-refractivity contribution in [3.8, 4) is 5.75 Å². The fourth-order valence-electron chi connectivity index (χ4n) is 3.02. The third-order valence-electron chi connectivity index (χ3n) is 3.82. The number of ether oxygens (including phenoxy) is 1. The maximum atomic E-state index is 12.0. The number of thiophene rings is 1. The Balaban J connectivity index is 2.38. The van der Waals surface area contributed by atoms with Crippen LogP contribution in [-0.2, 0) is 0 Å². The van der Waals surface area contributed by atoms with E-state index in [2.05, 4.69) is 18.7 Å². The molecule has 0 radical (unpaired) electrons. The van der Waals surface area contributed by atoms with Gasteiger partial charge in [-0.25, -0.2) is 0 Å². The Morgan fingerprint density at radius 1 is 1.40 bits per heavy atom. The van der Waals surface area contributed by atoms with Crippen LogP contribution < -0.4 is 15.4 Å². The van der Waals surface area contributed by atoms with Gasteiger partial charge in [-0.1, -0.05) is 20.8 Å². The summed E-state index contributed by atoms with van der Waals surface area (Å²) in [5.41, 5.74) is 6.61. The second-order valence-corrected chi connectivity index (χ2v) is 6.81. The van der Waals surface area contributed by atoms with Crippen molar-refractivity contribution in [1.82, 2.24) is 0 Å². The fourth-order valence-corrected chi connectivity index (χ4v) is 4.24. The molecule has 0 saturated carbocycles. The van der Waals surface area contributed by atoms with Gasteiger partial charge in [0.05, 0.1) is 17.7 Å². The van der Waals surface area contributed by atoms with Crippen molar-refractivity contribution in [2.75, 3.05) is 30.8 Å². The van der Waals surface area contributed by atoms with Gasteiger partial charge in [-0.15, -0.1) is 11.3 Å². The number of carbonyl (C=O) groups excluding carboxylic acids is 1. The molecule has 0 spiro atoms. The first-order valence-corrected chi connectivity index (χ1v) is 8.03. The van der Waals surface area contributed by atoms with Crippen molar-refractivity contribution in [1.29, 1.82) is 0 Å². The first-order chi connectivity index (χ1) is 9.47. The molecular formula is C15H24N2O2S. The van der Waals surface area contributed by atoms with Crippen LogP contribution >= 0.6 is 11.3 Å². The third kappa shape index (κ3) is 2.77. The van der Waals surface area contributed by atoms with Crippen LogP contribution in [0.25, 0.3) is 0 Å². The van der Waals surface area contributed by atoms with Gasteiger partial charge in [0.2, 0.25) is 0 Å². The number of hydrogen-bond donors (Lipinski definition) is 1. The molecule has 2 unspecified atom stereocenters. The van der Waals surface area contributed by atoms with Crippen LogP contribution in [0, 0.1) is 11.8 Å². The summed E-state index contributed by atoms with van der Waals surface area (Å²) in [6.07, 6.45) is 1.72. The first-order valence-electron chi connectivity index (χ1n) is 7.22. The molecule has 112 valence electrons. The summed E-state index contributed by atoms with van der Waals surface area (Å²) in [4.78, 5) is 15.0. The number of hydrogen-bond acceptors (Lipinski definition) is 5. The highest BCUT2D eigenvalue weighted by Crippen LogP contribution is 2.46. The summed E-state index contributed by atoms with van der Waals surface area (Å²) >= 11 is 1.48. The molecule has 2 rings (SSSR count). The summed E-state index contributed by atoms with van der Waals surface area (Å²) in [7, 11) is 1.62. The third-order valence-corrected chi connectivity index (χ3v) is 5.11. The number of nitrogens with two attached hydrogens (primary N) is 1. The molecule has 1 fully saturated rings. The number of nitrogen functional groups attached to an aromatic ring is 1. The van der Waals surface area contributed by atoms with Gasteiger partial charge in [0, 0.05) is 19.5 Å². The molecule has 2 N–H and O–H groups in total. The number of piperidine rings is 1. The number of nitrogens with zero attached hydrogens (tertiary/aromatic N) is 1. The number of Topliss-reactive ketones (excluding diaryl/α,β-unsaturated/α-hetero) is 1. The Bertz CT molecular complexity index is 488. The van der Waals surface area contributed by atoms with Crippen LogP contribution in [-0.4, -0.2) is 26.0 Å². The Kier molecular flexibility index (Phi) is 4.58. The summed E-state index contributed by atoms with van der Waals surface area (Å²) in [6.45, 7) is 8.40. The Labute approximate surface area is 124 Å². The highest BCUT2D eigenvalue weighted by atomic mass is 32.1. The number of rotatable bonds is 4. The van der Waals surface area contributed by atoms with E-state index >= 15 is 0 Å². The molecule has 0 aliphatic carbocycles. The lowest BCUT2D eigenvalue weighted by molar-refractivity contribution is 0.0992.